The van der Waals surface area contributed by atoms with Gasteiger partial charge in [0.1, 0.15) is 11.6 Å². The van der Waals surface area contributed by atoms with Gasteiger partial charge in [0, 0.05) is 0 Å². The molecule has 0 saturated heterocycles. The Kier molecular flexibility index (Phi) is 5.67. The summed E-state index contributed by atoms with van der Waals surface area (Å²) in [6.45, 7) is 5.28. The minimum atomic E-state index is -5.81. The van der Waals surface area contributed by atoms with Crippen LogP contribution >= 0.6 is 0 Å². The van der Waals surface area contributed by atoms with Crippen LogP contribution in [0.3, 0.4) is 0 Å². The van der Waals surface area contributed by atoms with Gasteiger partial charge >= 0.3 is 18.3 Å². The molecule has 124 valence electrons. The lowest BCUT2D eigenvalue weighted by Gasteiger charge is -2.25. The van der Waals surface area contributed by atoms with Crippen LogP contribution < -0.4 is 5.32 Å². The fourth-order valence-corrected chi connectivity index (χ4v) is 1.23. The van der Waals surface area contributed by atoms with Crippen LogP contribution in [0.4, 0.5) is 26.3 Å². The lowest BCUT2D eigenvalue weighted by atomic mass is 10.1. The van der Waals surface area contributed by atoms with Crippen molar-refractivity contribution >= 4 is 11.9 Å². The minimum absolute atomic E-state index is 0.926. The first-order valence-corrected chi connectivity index (χ1v) is 5.72. The zero-order valence-electron chi connectivity index (χ0n) is 11.6. The largest absolute Gasteiger partial charge is 0.458 e. The third-order valence-electron chi connectivity index (χ3n) is 2.04. The molecule has 0 saturated carbocycles. The van der Waals surface area contributed by atoms with Crippen LogP contribution in [0.1, 0.15) is 27.7 Å². The molecule has 0 aliphatic carbocycles. The highest BCUT2D eigenvalue weighted by Crippen LogP contribution is 2.39. The Hall–Kier alpha value is -1.48. The van der Waals surface area contributed by atoms with E-state index >= 15 is 0 Å². The predicted molar refractivity (Wildman–Crippen MR) is 59.0 cm³/mol. The van der Waals surface area contributed by atoms with Crippen molar-refractivity contribution in [3.05, 3.63) is 0 Å². The summed E-state index contributed by atoms with van der Waals surface area (Å²) < 4.78 is 78.5. The summed E-state index contributed by atoms with van der Waals surface area (Å²) in [4.78, 5) is 22.6. The second-order valence-electron chi connectivity index (χ2n) is 5.28. The quantitative estimate of drug-likeness (QED) is 0.641. The van der Waals surface area contributed by atoms with Crippen molar-refractivity contribution in [2.24, 2.45) is 5.92 Å². The predicted octanol–water partition coefficient (Wildman–Crippen LogP) is 2.57. The molecule has 0 aliphatic rings. The number of halogens is 6. The zero-order valence-corrected chi connectivity index (χ0v) is 11.6. The molecule has 0 bridgehead atoms. The average molecular weight is 323 g/mol. The van der Waals surface area contributed by atoms with Gasteiger partial charge in [0.05, 0.1) is 0 Å². The van der Waals surface area contributed by atoms with Crippen molar-refractivity contribution in [1.29, 1.82) is 0 Å². The lowest BCUT2D eigenvalue weighted by Crippen LogP contribution is -2.52. The zero-order chi connectivity index (χ0) is 17.2. The number of alkyl halides is 6. The molecule has 0 heterocycles. The van der Waals surface area contributed by atoms with Crippen LogP contribution in [0.25, 0.3) is 0 Å². The van der Waals surface area contributed by atoms with Gasteiger partial charge in [-0.1, -0.05) is 0 Å². The van der Waals surface area contributed by atoms with Crippen molar-refractivity contribution < 1.29 is 40.7 Å². The number of nitrogens with one attached hydrogen (secondary N) is 1. The maximum Gasteiger partial charge on any atom is 0.409 e. The van der Waals surface area contributed by atoms with Gasteiger partial charge < -0.3 is 10.1 Å². The molecule has 1 atom stereocenters. The Morgan fingerprint density at radius 2 is 1.33 bits per heavy atom. The van der Waals surface area contributed by atoms with E-state index in [0.717, 1.165) is 6.92 Å². The van der Waals surface area contributed by atoms with Gasteiger partial charge in [0.15, 0.2) is 0 Å². The highest BCUT2D eigenvalue weighted by Gasteiger charge is 2.61. The van der Waals surface area contributed by atoms with Crippen molar-refractivity contribution in [3.63, 3.8) is 0 Å². The van der Waals surface area contributed by atoms with Crippen molar-refractivity contribution in [2.75, 3.05) is 0 Å². The highest BCUT2D eigenvalue weighted by molar-refractivity contribution is 5.86. The normalized spacial score (nSPS) is 14.8. The molecular formula is C11H15F6NO3. The summed E-state index contributed by atoms with van der Waals surface area (Å²) in [7, 11) is 0. The summed E-state index contributed by atoms with van der Waals surface area (Å²) in [5.41, 5.74) is -0.997. The van der Waals surface area contributed by atoms with Crippen LogP contribution in [-0.4, -0.2) is 35.9 Å². The standard InChI is InChI=1S/C11H15F6NO3/c1-5(8(20)21-9(2,3)4)18-7(19)6(10(12,13)14)11(15,16)17/h5-6H,1-4H3,(H,18,19)/t5-/m1/s1. The molecule has 0 rings (SSSR count). The first kappa shape index (κ1) is 19.5. The van der Waals surface area contributed by atoms with Gasteiger partial charge in [-0.15, -0.1) is 0 Å². The first-order valence-electron chi connectivity index (χ1n) is 5.72. The summed E-state index contributed by atoms with van der Waals surface area (Å²) in [6, 6.07) is -1.65. The Labute approximate surface area is 116 Å². The second kappa shape index (κ2) is 6.10. The van der Waals surface area contributed by atoms with Gasteiger partial charge in [-0.2, -0.15) is 26.3 Å². The van der Waals surface area contributed by atoms with E-state index in [4.69, 9.17) is 4.74 Å². The molecular weight excluding hydrogens is 308 g/mol. The molecule has 0 aromatic carbocycles. The number of hydrogen-bond donors (Lipinski definition) is 1. The number of amides is 1. The Bertz CT molecular complexity index is 382. The number of hydrogen-bond acceptors (Lipinski definition) is 3. The summed E-state index contributed by atoms with van der Waals surface area (Å²) in [5, 5.41) is 1.36. The van der Waals surface area contributed by atoms with Crippen LogP contribution in [0.5, 0.6) is 0 Å². The van der Waals surface area contributed by atoms with E-state index in [-0.39, 0.29) is 0 Å². The highest BCUT2D eigenvalue weighted by atomic mass is 19.4. The third-order valence-corrected chi connectivity index (χ3v) is 2.04. The van der Waals surface area contributed by atoms with E-state index in [2.05, 4.69) is 0 Å². The molecule has 0 radical (unpaired) electrons. The van der Waals surface area contributed by atoms with E-state index in [1.807, 2.05) is 0 Å². The van der Waals surface area contributed by atoms with Crippen LogP contribution in [0, 0.1) is 5.92 Å². The lowest BCUT2D eigenvalue weighted by molar-refractivity contribution is -0.274. The van der Waals surface area contributed by atoms with Gasteiger partial charge in [-0.25, -0.2) is 4.79 Å². The van der Waals surface area contributed by atoms with Crippen molar-refractivity contribution in [2.45, 2.75) is 51.7 Å². The molecule has 21 heavy (non-hydrogen) atoms. The van der Waals surface area contributed by atoms with E-state index in [1.54, 1.807) is 0 Å². The fraction of sp³-hybridized carbons (Fsp3) is 0.818. The molecule has 1 N–H and O–H groups in total. The number of rotatable bonds is 3. The van der Waals surface area contributed by atoms with E-state index < -0.39 is 41.8 Å². The molecule has 0 aromatic heterocycles. The molecule has 10 heteroatoms. The smallest absolute Gasteiger partial charge is 0.409 e. The van der Waals surface area contributed by atoms with Gasteiger partial charge in [-0.3, -0.25) is 4.79 Å². The average Bonchev–Trinajstić information content (AvgIpc) is 2.08. The molecule has 0 fully saturated rings. The van der Waals surface area contributed by atoms with Crippen molar-refractivity contribution in [3.8, 4) is 0 Å². The minimum Gasteiger partial charge on any atom is -0.458 e. The SMILES string of the molecule is C[C@@H](NC(=O)C(C(F)(F)F)C(F)(F)F)C(=O)OC(C)(C)C. The van der Waals surface area contributed by atoms with Gasteiger partial charge in [0.2, 0.25) is 11.8 Å². The molecule has 0 aromatic rings. The van der Waals surface area contributed by atoms with E-state index in [9.17, 15) is 35.9 Å². The summed E-state index contributed by atoms with van der Waals surface area (Å²) in [6.07, 6.45) is -11.6. The molecule has 1 amide bonds. The summed E-state index contributed by atoms with van der Waals surface area (Å²) >= 11 is 0. The number of ether oxygens (including phenoxy) is 1. The number of carbonyl (C=O) groups excluding carboxylic acids is 2. The molecule has 0 spiro atoms. The van der Waals surface area contributed by atoms with Crippen molar-refractivity contribution in [1.82, 2.24) is 5.32 Å². The Morgan fingerprint density at radius 3 is 1.62 bits per heavy atom. The van der Waals surface area contributed by atoms with Gasteiger partial charge in [-0.05, 0) is 27.7 Å². The maximum atomic E-state index is 12.3. The Morgan fingerprint density at radius 1 is 0.952 bits per heavy atom. The first-order chi connectivity index (χ1) is 9.05. The molecule has 0 aliphatic heterocycles. The number of esters is 1. The summed E-state index contributed by atoms with van der Waals surface area (Å²) in [5.74, 6) is -7.69. The van der Waals surface area contributed by atoms with Crippen LogP contribution in [0.2, 0.25) is 0 Å². The second-order valence-corrected chi connectivity index (χ2v) is 5.28. The van der Waals surface area contributed by atoms with Crippen LogP contribution in [-0.2, 0) is 14.3 Å². The van der Waals surface area contributed by atoms with E-state index in [0.29, 0.717) is 0 Å². The molecule has 0 unspecified atom stereocenters. The van der Waals surface area contributed by atoms with Gasteiger partial charge in [0.25, 0.3) is 0 Å². The molecule has 4 nitrogen and oxygen atoms in total. The Balaban J connectivity index is 4.98. The maximum absolute atomic E-state index is 12.3. The topological polar surface area (TPSA) is 55.4 Å². The number of carbonyl (C=O) groups is 2. The van der Waals surface area contributed by atoms with E-state index in [1.165, 1.54) is 26.1 Å². The monoisotopic (exact) mass is 323 g/mol. The van der Waals surface area contributed by atoms with Crippen LogP contribution in [0.15, 0.2) is 0 Å². The third kappa shape index (κ3) is 6.67. The fourth-order valence-electron chi connectivity index (χ4n) is 1.23.